The van der Waals surface area contributed by atoms with E-state index in [1.165, 1.54) is 0 Å². The normalized spacial score (nSPS) is 13.6. The van der Waals surface area contributed by atoms with Crippen LogP contribution in [0.5, 0.6) is 11.5 Å². The maximum absolute atomic E-state index is 11.7. The molecule has 0 saturated carbocycles. The summed E-state index contributed by atoms with van der Waals surface area (Å²) >= 11 is 0. The van der Waals surface area contributed by atoms with Crippen molar-refractivity contribution >= 4 is 5.91 Å². The number of ether oxygens (including phenoxy) is 2. The van der Waals surface area contributed by atoms with Crippen LogP contribution in [0, 0.1) is 6.92 Å². The molecule has 24 heavy (non-hydrogen) atoms. The van der Waals surface area contributed by atoms with Crippen LogP contribution in [0.4, 0.5) is 0 Å². The number of carbonyl (C=O) groups is 1. The molecule has 5 heteroatoms. The van der Waals surface area contributed by atoms with E-state index >= 15 is 0 Å². The van der Waals surface area contributed by atoms with E-state index < -0.39 is 5.91 Å². The number of aromatic nitrogens is 1. The Balaban J connectivity index is 2.06. The molecule has 0 radical (unpaired) electrons. The Morgan fingerprint density at radius 1 is 1.21 bits per heavy atom. The van der Waals surface area contributed by atoms with Crippen molar-refractivity contribution in [2.75, 3.05) is 13.2 Å². The molecule has 0 unspecified atom stereocenters. The second-order valence-corrected chi connectivity index (χ2v) is 6.11. The van der Waals surface area contributed by atoms with E-state index in [0.29, 0.717) is 18.8 Å². The predicted octanol–water partition coefficient (Wildman–Crippen LogP) is 3.52. The minimum Gasteiger partial charge on any atom is -0.490 e. The van der Waals surface area contributed by atoms with Gasteiger partial charge in [0.1, 0.15) is 0 Å². The van der Waals surface area contributed by atoms with Gasteiger partial charge in [-0.25, -0.2) is 0 Å². The summed E-state index contributed by atoms with van der Waals surface area (Å²) < 4.78 is 13.7. The summed E-state index contributed by atoms with van der Waals surface area (Å²) in [4.78, 5) is 11.7. The summed E-state index contributed by atoms with van der Waals surface area (Å²) in [5.74, 6) is 1.14. The molecule has 1 aliphatic rings. The average molecular weight is 328 g/mol. The molecule has 1 aromatic heterocycles. The van der Waals surface area contributed by atoms with Gasteiger partial charge in [-0.2, -0.15) is 0 Å². The summed E-state index contributed by atoms with van der Waals surface area (Å²) in [7, 11) is 0. The number of amides is 1. The van der Waals surface area contributed by atoms with E-state index in [4.69, 9.17) is 15.2 Å². The molecule has 128 valence electrons. The van der Waals surface area contributed by atoms with Gasteiger partial charge in [0, 0.05) is 29.9 Å². The van der Waals surface area contributed by atoms with Crippen molar-refractivity contribution in [1.82, 2.24) is 4.57 Å². The van der Waals surface area contributed by atoms with Crippen LogP contribution in [-0.2, 0) is 6.54 Å². The van der Waals surface area contributed by atoms with Crippen molar-refractivity contribution in [2.45, 2.75) is 39.7 Å². The average Bonchev–Trinajstić information content (AvgIpc) is 2.75. The molecule has 5 nitrogen and oxygen atoms in total. The molecular formula is C19H24N2O3. The largest absolute Gasteiger partial charge is 0.490 e. The number of carbonyl (C=O) groups excluding carboxylic acids is 1. The van der Waals surface area contributed by atoms with Crippen LogP contribution in [0.2, 0.25) is 0 Å². The molecule has 3 rings (SSSR count). The van der Waals surface area contributed by atoms with Crippen LogP contribution in [0.15, 0.2) is 24.3 Å². The van der Waals surface area contributed by atoms with Crippen LogP contribution >= 0.6 is 0 Å². The highest BCUT2D eigenvalue weighted by Crippen LogP contribution is 2.35. The Labute approximate surface area is 142 Å². The van der Waals surface area contributed by atoms with Crippen molar-refractivity contribution in [3.8, 4) is 22.8 Å². The van der Waals surface area contributed by atoms with Gasteiger partial charge in [0.15, 0.2) is 11.5 Å². The summed E-state index contributed by atoms with van der Waals surface area (Å²) in [6.45, 7) is 6.28. The lowest BCUT2D eigenvalue weighted by molar-refractivity contribution is 0.0999. The summed E-state index contributed by atoms with van der Waals surface area (Å²) in [6.07, 6.45) is 3.01. The van der Waals surface area contributed by atoms with Crippen molar-refractivity contribution in [3.05, 3.63) is 35.5 Å². The van der Waals surface area contributed by atoms with Gasteiger partial charge >= 0.3 is 0 Å². The molecule has 0 atom stereocenters. The van der Waals surface area contributed by atoms with Gasteiger partial charge in [0.2, 0.25) is 0 Å². The van der Waals surface area contributed by atoms with Crippen LogP contribution in [0.3, 0.4) is 0 Å². The molecule has 2 heterocycles. The van der Waals surface area contributed by atoms with Gasteiger partial charge in [-0.05, 0) is 37.6 Å². The van der Waals surface area contributed by atoms with Crippen LogP contribution in [-0.4, -0.2) is 23.7 Å². The minimum absolute atomic E-state index is 0.390. The topological polar surface area (TPSA) is 66.5 Å². The molecule has 0 fully saturated rings. The minimum atomic E-state index is -0.390. The zero-order valence-electron chi connectivity index (χ0n) is 14.3. The van der Waals surface area contributed by atoms with E-state index in [1.54, 1.807) is 0 Å². The molecule has 1 amide bonds. The first kappa shape index (κ1) is 16.4. The van der Waals surface area contributed by atoms with Crippen molar-refractivity contribution < 1.29 is 14.3 Å². The highest BCUT2D eigenvalue weighted by Gasteiger charge is 2.18. The third-order valence-corrected chi connectivity index (χ3v) is 4.41. The Morgan fingerprint density at radius 3 is 2.67 bits per heavy atom. The van der Waals surface area contributed by atoms with Gasteiger partial charge in [0.25, 0.3) is 5.91 Å². The number of rotatable bonds is 5. The van der Waals surface area contributed by atoms with Gasteiger partial charge in [-0.1, -0.05) is 13.3 Å². The maximum Gasteiger partial charge on any atom is 0.250 e. The molecule has 0 saturated heterocycles. The predicted molar refractivity (Wildman–Crippen MR) is 93.6 cm³/mol. The maximum atomic E-state index is 11.7. The van der Waals surface area contributed by atoms with Gasteiger partial charge in [-0.15, -0.1) is 0 Å². The Morgan fingerprint density at radius 2 is 1.96 bits per heavy atom. The third kappa shape index (κ3) is 3.11. The number of primary amides is 1. The molecule has 2 aromatic rings. The first-order valence-electron chi connectivity index (χ1n) is 8.51. The fourth-order valence-corrected chi connectivity index (χ4v) is 3.06. The van der Waals surface area contributed by atoms with Gasteiger partial charge in [-0.3, -0.25) is 4.79 Å². The fraction of sp³-hybridized carbons (Fsp3) is 0.421. The standard InChI is InChI=1S/C19H24N2O3/c1-3-4-8-21-13(2)15(19(20)22)12-16(21)14-6-7-17-18(11-14)24-10-5-9-23-17/h6-7,11-12H,3-5,8-10H2,1-2H3,(H2,20,22). The zero-order valence-corrected chi connectivity index (χ0v) is 14.3. The molecule has 1 aliphatic heterocycles. The number of hydrogen-bond acceptors (Lipinski definition) is 3. The SMILES string of the molecule is CCCCn1c(-c2ccc3c(c2)OCCCO3)cc(C(N)=O)c1C. The summed E-state index contributed by atoms with van der Waals surface area (Å²) in [5.41, 5.74) is 9.03. The smallest absolute Gasteiger partial charge is 0.250 e. The zero-order chi connectivity index (χ0) is 17.1. The number of unbranched alkanes of at least 4 members (excludes halogenated alkanes) is 1. The van der Waals surface area contributed by atoms with Crippen LogP contribution in [0.1, 0.15) is 42.2 Å². The number of nitrogens with two attached hydrogens (primary N) is 1. The van der Waals surface area contributed by atoms with E-state index in [-0.39, 0.29) is 0 Å². The molecule has 0 spiro atoms. The van der Waals surface area contributed by atoms with Crippen LogP contribution in [0.25, 0.3) is 11.3 Å². The van der Waals surface area contributed by atoms with E-state index in [1.807, 2.05) is 31.2 Å². The van der Waals surface area contributed by atoms with Crippen molar-refractivity contribution in [1.29, 1.82) is 0 Å². The lowest BCUT2D eigenvalue weighted by Gasteiger charge is -2.13. The molecule has 1 aromatic carbocycles. The second kappa shape index (κ2) is 6.99. The van der Waals surface area contributed by atoms with Crippen molar-refractivity contribution in [2.24, 2.45) is 5.73 Å². The fourth-order valence-electron chi connectivity index (χ4n) is 3.06. The molecule has 0 bridgehead atoms. The highest BCUT2D eigenvalue weighted by molar-refractivity contribution is 5.95. The molecule has 0 aliphatic carbocycles. The first-order valence-corrected chi connectivity index (χ1v) is 8.51. The Hall–Kier alpha value is -2.43. The molecular weight excluding hydrogens is 304 g/mol. The van der Waals surface area contributed by atoms with Gasteiger partial charge in [0.05, 0.1) is 18.8 Å². The third-order valence-electron chi connectivity index (χ3n) is 4.41. The Kier molecular flexibility index (Phi) is 4.79. The van der Waals surface area contributed by atoms with E-state index in [9.17, 15) is 4.79 Å². The van der Waals surface area contributed by atoms with Gasteiger partial charge < -0.3 is 19.8 Å². The number of hydrogen-bond donors (Lipinski definition) is 1. The second-order valence-electron chi connectivity index (χ2n) is 6.11. The quantitative estimate of drug-likeness (QED) is 0.913. The lowest BCUT2D eigenvalue weighted by atomic mass is 10.1. The summed E-state index contributed by atoms with van der Waals surface area (Å²) in [6, 6.07) is 7.82. The van der Waals surface area contributed by atoms with E-state index in [2.05, 4.69) is 11.5 Å². The Bertz CT molecular complexity index is 749. The summed E-state index contributed by atoms with van der Waals surface area (Å²) in [5, 5.41) is 0. The monoisotopic (exact) mass is 328 g/mol. The lowest BCUT2D eigenvalue weighted by Crippen LogP contribution is -2.12. The number of benzene rings is 1. The number of fused-ring (bicyclic) bond motifs is 1. The first-order chi connectivity index (χ1) is 11.6. The number of nitrogens with zero attached hydrogens (tertiary/aromatic N) is 1. The molecule has 2 N–H and O–H groups in total. The van der Waals surface area contributed by atoms with Crippen molar-refractivity contribution in [3.63, 3.8) is 0 Å². The van der Waals surface area contributed by atoms with Crippen LogP contribution < -0.4 is 15.2 Å². The van der Waals surface area contributed by atoms with E-state index in [0.717, 1.165) is 54.3 Å². The highest BCUT2D eigenvalue weighted by atomic mass is 16.5.